The molecule has 110 valence electrons. The highest BCUT2D eigenvalue weighted by atomic mass is 14.4. The van der Waals surface area contributed by atoms with Crippen molar-refractivity contribution in [3.8, 4) is 0 Å². The lowest BCUT2D eigenvalue weighted by Crippen LogP contribution is -2.15. The van der Waals surface area contributed by atoms with E-state index in [0.717, 1.165) is 17.8 Å². The van der Waals surface area contributed by atoms with Crippen LogP contribution in [-0.4, -0.2) is 7.85 Å². The van der Waals surface area contributed by atoms with Crippen LogP contribution in [0.2, 0.25) is 5.82 Å². The second-order valence-corrected chi connectivity index (χ2v) is 6.74. The Morgan fingerprint density at radius 2 is 1.47 bits per heavy atom. The van der Waals surface area contributed by atoms with Gasteiger partial charge in [0, 0.05) is 0 Å². The predicted octanol–water partition coefficient (Wildman–Crippen LogP) is 6.16. The van der Waals surface area contributed by atoms with Gasteiger partial charge in [-0.15, -0.1) is 0 Å². The van der Waals surface area contributed by atoms with Gasteiger partial charge in [0.05, 0.1) is 7.85 Å². The van der Waals surface area contributed by atoms with Gasteiger partial charge in [-0.25, -0.2) is 0 Å². The van der Waals surface area contributed by atoms with Crippen LogP contribution in [0.1, 0.15) is 91.4 Å². The Morgan fingerprint density at radius 3 is 2.11 bits per heavy atom. The molecule has 0 amide bonds. The van der Waals surface area contributed by atoms with E-state index in [9.17, 15) is 0 Å². The normalized spacial score (nSPS) is 30.9. The van der Waals surface area contributed by atoms with Crippen LogP contribution in [0.5, 0.6) is 0 Å². The zero-order valence-electron chi connectivity index (χ0n) is 13.7. The fraction of sp³-hybridized carbons (Fsp3) is 1.00. The minimum atomic E-state index is 0.497. The van der Waals surface area contributed by atoms with E-state index < -0.39 is 0 Å². The summed E-state index contributed by atoms with van der Waals surface area (Å²) in [5, 5.41) is 0. The Kier molecular flexibility index (Phi) is 8.91. The van der Waals surface area contributed by atoms with Crippen LogP contribution in [0, 0.1) is 17.8 Å². The van der Waals surface area contributed by atoms with Crippen molar-refractivity contribution in [3.63, 3.8) is 0 Å². The molecule has 4 unspecified atom stereocenters. The van der Waals surface area contributed by atoms with Crippen LogP contribution in [-0.2, 0) is 0 Å². The molecule has 0 spiro atoms. The standard InChI is InChI=1S/C18H35B/c1-4-7-8-9-10-11-13-17-16(6-3)15(12-5-2)14-18(17)19/h15-18H,4-14H2,1-3H3. The summed E-state index contributed by atoms with van der Waals surface area (Å²) in [6.07, 6.45) is 15.3. The SMILES string of the molecule is [B]C1CC(CCC)C(CC)C1CCCCCCCC. The summed E-state index contributed by atoms with van der Waals surface area (Å²) in [5.74, 6) is 3.17. The molecule has 1 fully saturated rings. The van der Waals surface area contributed by atoms with Gasteiger partial charge < -0.3 is 0 Å². The molecule has 0 aromatic rings. The molecule has 0 N–H and O–H groups in total. The fourth-order valence-electron chi connectivity index (χ4n) is 4.29. The van der Waals surface area contributed by atoms with E-state index in [1.807, 2.05) is 0 Å². The van der Waals surface area contributed by atoms with Gasteiger partial charge in [0.25, 0.3) is 0 Å². The lowest BCUT2D eigenvalue weighted by Gasteiger charge is -2.25. The zero-order chi connectivity index (χ0) is 14.1. The summed E-state index contributed by atoms with van der Waals surface area (Å²) >= 11 is 0. The molecule has 2 radical (unpaired) electrons. The quantitative estimate of drug-likeness (QED) is 0.327. The Hall–Kier alpha value is 0.0649. The van der Waals surface area contributed by atoms with E-state index in [1.165, 1.54) is 70.6 Å². The molecular formula is C18H35B. The molecule has 0 aliphatic heterocycles. The molecule has 0 aromatic heterocycles. The lowest BCUT2D eigenvalue weighted by atomic mass is 9.73. The van der Waals surface area contributed by atoms with Crippen LogP contribution in [0.3, 0.4) is 0 Å². The Bertz CT molecular complexity index is 214. The van der Waals surface area contributed by atoms with E-state index in [0.29, 0.717) is 5.82 Å². The van der Waals surface area contributed by atoms with E-state index in [2.05, 4.69) is 20.8 Å². The van der Waals surface area contributed by atoms with Crippen molar-refractivity contribution in [2.45, 2.75) is 97.2 Å². The van der Waals surface area contributed by atoms with Gasteiger partial charge in [0.2, 0.25) is 0 Å². The Labute approximate surface area is 123 Å². The second kappa shape index (κ2) is 9.89. The molecular weight excluding hydrogens is 227 g/mol. The van der Waals surface area contributed by atoms with E-state index in [4.69, 9.17) is 7.85 Å². The summed E-state index contributed by atoms with van der Waals surface area (Å²) in [7, 11) is 6.43. The smallest absolute Gasteiger partial charge is 0.0703 e. The van der Waals surface area contributed by atoms with Crippen LogP contribution in [0.4, 0.5) is 0 Å². The number of unbranched alkanes of at least 4 members (excludes halogenated alkanes) is 5. The average molecular weight is 262 g/mol. The van der Waals surface area contributed by atoms with Gasteiger partial charge in [-0.1, -0.05) is 97.2 Å². The van der Waals surface area contributed by atoms with Crippen LogP contribution in [0.15, 0.2) is 0 Å². The molecule has 19 heavy (non-hydrogen) atoms. The van der Waals surface area contributed by atoms with Crippen LogP contribution in [0.25, 0.3) is 0 Å². The van der Waals surface area contributed by atoms with Gasteiger partial charge in [-0.2, -0.15) is 0 Å². The Morgan fingerprint density at radius 1 is 0.789 bits per heavy atom. The van der Waals surface area contributed by atoms with Gasteiger partial charge in [-0.3, -0.25) is 0 Å². The molecule has 1 aliphatic rings. The van der Waals surface area contributed by atoms with E-state index in [1.54, 1.807) is 0 Å². The third-order valence-corrected chi connectivity index (χ3v) is 5.30. The lowest BCUT2D eigenvalue weighted by molar-refractivity contribution is 0.270. The number of rotatable bonds is 10. The monoisotopic (exact) mass is 262 g/mol. The van der Waals surface area contributed by atoms with Crippen LogP contribution < -0.4 is 0 Å². The molecule has 1 heteroatoms. The van der Waals surface area contributed by atoms with Crippen molar-refractivity contribution in [1.82, 2.24) is 0 Å². The number of hydrogen-bond donors (Lipinski definition) is 0. The van der Waals surface area contributed by atoms with E-state index in [-0.39, 0.29) is 0 Å². The summed E-state index contributed by atoms with van der Waals surface area (Å²) in [6.45, 7) is 6.98. The van der Waals surface area contributed by atoms with Crippen molar-refractivity contribution in [3.05, 3.63) is 0 Å². The topological polar surface area (TPSA) is 0 Å². The first-order valence-corrected chi connectivity index (χ1v) is 9.00. The maximum absolute atomic E-state index is 6.43. The Balaban J connectivity index is 2.26. The van der Waals surface area contributed by atoms with Crippen molar-refractivity contribution in [2.24, 2.45) is 17.8 Å². The van der Waals surface area contributed by atoms with Crippen molar-refractivity contribution < 1.29 is 0 Å². The van der Waals surface area contributed by atoms with Gasteiger partial charge >= 0.3 is 0 Å². The predicted molar refractivity (Wildman–Crippen MR) is 87.8 cm³/mol. The summed E-state index contributed by atoms with van der Waals surface area (Å²) in [5.41, 5.74) is 0. The molecule has 1 rings (SSSR count). The second-order valence-electron chi connectivity index (χ2n) is 6.74. The van der Waals surface area contributed by atoms with Crippen molar-refractivity contribution in [2.75, 3.05) is 0 Å². The average Bonchev–Trinajstić information content (AvgIpc) is 2.70. The highest BCUT2D eigenvalue weighted by Crippen LogP contribution is 2.49. The zero-order valence-corrected chi connectivity index (χ0v) is 13.7. The minimum Gasteiger partial charge on any atom is -0.0741 e. The molecule has 4 atom stereocenters. The highest BCUT2D eigenvalue weighted by Gasteiger charge is 2.38. The molecule has 1 aliphatic carbocycles. The summed E-state index contributed by atoms with van der Waals surface area (Å²) in [6, 6.07) is 0. The minimum absolute atomic E-state index is 0.497. The summed E-state index contributed by atoms with van der Waals surface area (Å²) in [4.78, 5) is 0. The maximum Gasteiger partial charge on any atom is 0.0703 e. The van der Waals surface area contributed by atoms with Crippen molar-refractivity contribution >= 4 is 7.85 Å². The molecule has 0 nitrogen and oxygen atoms in total. The largest absolute Gasteiger partial charge is 0.0741 e. The maximum atomic E-state index is 6.43. The fourth-order valence-corrected chi connectivity index (χ4v) is 4.29. The van der Waals surface area contributed by atoms with Gasteiger partial charge in [0.1, 0.15) is 0 Å². The molecule has 0 saturated heterocycles. The first-order valence-electron chi connectivity index (χ1n) is 9.00. The molecule has 1 saturated carbocycles. The van der Waals surface area contributed by atoms with Gasteiger partial charge in [0.15, 0.2) is 0 Å². The molecule has 0 aromatic carbocycles. The first-order chi connectivity index (χ1) is 9.24. The third-order valence-electron chi connectivity index (χ3n) is 5.30. The summed E-state index contributed by atoms with van der Waals surface area (Å²) < 4.78 is 0. The molecule has 0 bridgehead atoms. The molecule has 0 heterocycles. The van der Waals surface area contributed by atoms with Crippen LogP contribution >= 0.6 is 0 Å². The first kappa shape index (κ1) is 17.1. The van der Waals surface area contributed by atoms with Gasteiger partial charge in [-0.05, 0) is 17.8 Å². The third kappa shape index (κ3) is 5.52. The highest BCUT2D eigenvalue weighted by molar-refractivity contribution is 6.12. The van der Waals surface area contributed by atoms with E-state index >= 15 is 0 Å². The number of hydrogen-bond acceptors (Lipinski definition) is 0. The van der Waals surface area contributed by atoms with Crippen molar-refractivity contribution in [1.29, 1.82) is 0 Å².